The molecule has 0 aliphatic carbocycles. The van der Waals surface area contributed by atoms with Crippen LogP contribution in [0.15, 0.2) is 30.3 Å². The monoisotopic (exact) mass is 354 g/mol. The van der Waals surface area contributed by atoms with Crippen molar-refractivity contribution in [2.75, 3.05) is 11.4 Å². The topological polar surface area (TPSA) is 36.1 Å². The number of amides is 1. The lowest BCUT2D eigenvalue weighted by Crippen LogP contribution is -2.37. The number of benzene rings is 2. The molecule has 1 N–H and O–H groups in total. The number of nitrogens with zero attached hydrogens (tertiary/aromatic N) is 1. The molecule has 1 amide bonds. The number of rotatable bonds is 2. The standard InChI is InChI=1S/C21H20F2N2O/c1-12-8-14-4-3-7-25(21(14)18(23)9-12)20(26)11-16-13(2)24-19-6-5-15(22)10-17(16)19/h5-6,8-10,24H,3-4,7,11H2,1-2H3. The Bertz CT molecular complexity index is 1020. The Kier molecular flexibility index (Phi) is 4.02. The smallest absolute Gasteiger partial charge is 0.231 e. The third kappa shape index (κ3) is 2.77. The van der Waals surface area contributed by atoms with Crippen LogP contribution in [-0.4, -0.2) is 17.4 Å². The molecule has 0 saturated carbocycles. The Morgan fingerprint density at radius 3 is 2.81 bits per heavy atom. The maximum Gasteiger partial charge on any atom is 0.231 e. The summed E-state index contributed by atoms with van der Waals surface area (Å²) >= 11 is 0. The molecule has 2 aromatic carbocycles. The summed E-state index contributed by atoms with van der Waals surface area (Å²) in [5.41, 5.74) is 4.54. The lowest BCUT2D eigenvalue weighted by Gasteiger charge is -2.30. The van der Waals surface area contributed by atoms with Gasteiger partial charge >= 0.3 is 0 Å². The normalized spacial score (nSPS) is 13.9. The van der Waals surface area contributed by atoms with E-state index in [-0.39, 0.29) is 24.0 Å². The van der Waals surface area contributed by atoms with Gasteiger partial charge in [0.05, 0.1) is 12.1 Å². The van der Waals surface area contributed by atoms with Crippen LogP contribution >= 0.6 is 0 Å². The van der Waals surface area contributed by atoms with Crippen LogP contribution in [0.1, 0.15) is 28.8 Å². The van der Waals surface area contributed by atoms with Crippen molar-refractivity contribution in [3.05, 3.63) is 64.4 Å². The van der Waals surface area contributed by atoms with Crippen LogP contribution in [0.25, 0.3) is 10.9 Å². The second kappa shape index (κ2) is 6.24. The van der Waals surface area contributed by atoms with E-state index in [9.17, 15) is 13.6 Å². The maximum atomic E-state index is 14.6. The lowest BCUT2D eigenvalue weighted by molar-refractivity contribution is -0.118. The number of aromatic nitrogens is 1. The van der Waals surface area contributed by atoms with Crippen LogP contribution < -0.4 is 4.90 Å². The second-order valence-corrected chi connectivity index (χ2v) is 7.00. The van der Waals surface area contributed by atoms with Crippen LogP contribution in [-0.2, 0) is 17.6 Å². The SMILES string of the molecule is Cc1cc(F)c2c(c1)CCCN2C(=O)Cc1c(C)[nH]c2ccc(F)cc12. The van der Waals surface area contributed by atoms with Gasteiger partial charge in [0, 0.05) is 23.1 Å². The van der Waals surface area contributed by atoms with Crippen LogP contribution in [0.2, 0.25) is 0 Å². The minimum atomic E-state index is -0.352. The van der Waals surface area contributed by atoms with Crippen molar-refractivity contribution in [1.82, 2.24) is 4.98 Å². The highest BCUT2D eigenvalue weighted by atomic mass is 19.1. The average molecular weight is 354 g/mol. The Morgan fingerprint density at radius 1 is 1.19 bits per heavy atom. The van der Waals surface area contributed by atoms with Crippen LogP contribution in [0.5, 0.6) is 0 Å². The van der Waals surface area contributed by atoms with Crippen LogP contribution in [0.4, 0.5) is 14.5 Å². The number of halogens is 2. The molecule has 0 unspecified atom stereocenters. The Morgan fingerprint density at radius 2 is 2.00 bits per heavy atom. The molecule has 5 heteroatoms. The summed E-state index contributed by atoms with van der Waals surface area (Å²) in [7, 11) is 0. The molecule has 0 spiro atoms. The lowest BCUT2D eigenvalue weighted by atomic mass is 9.98. The van der Waals surface area contributed by atoms with E-state index in [0.29, 0.717) is 17.6 Å². The fraction of sp³-hybridized carbons (Fsp3) is 0.286. The van der Waals surface area contributed by atoms with Gasteiger partial charge in [0.15, 0.2) is 0 Å². The highest BCUT2D eigenvalue weighted by molar-refractivity contribution is 5.99. The number of hydrogen-bond donors (Lipinski definition) is 1. The predicted molar refractivity (Wildman–Crippen MR) is 98.5 cm³/mol. The third-order valence-electron chi connectivity index (χ3n) is 5.10. The molecular weight excluding hydrogens is 334 g/mol. The van der Waals surface area contributed by atoms with Crippen molar-refractivity contribution >= 4 is 22.5 Å². The zero-order valence-electron chi connectivity index (χ0n) is 14.8. The number of hydrogen-bond acceptors (Lipinski definition) is 1. The van der Waals surface area contributed by atoms with E-state index in [0.717, 1.165) is 40.7 Å². The van der Waals surface area contributed by atoms with E-state index in [1.807, 2.05) is 19.9 Å². The molecule has 2 heterocycles. The van der Waals surface area contributed by atoms with Crippen molar-refractivity contribution in [3.63, 3.8) is 0 Å². The van der Waals surface area contributed by atoms with Gasteiger partial charge < -0.3 is 9.88 Å². The second-order valence-electron chi connectivity index (χ2n) is 7.00. The number of carbonyl (C=O) groups is 1. The van der Waals surface area contributed by atoms with Crippen LogP contribution in [0, 0.1) is 25.5 Å². The number of fused-ring (bicyclic) bond motifs is 2. The zero-order valence-corrected chi connectivity index (χ0v) is 14.8. The Hall–Kier alpha value is -2.69. The molecule has 26 heavy (non-hydrogen) atoms. The highest BCUT2D eigenvalue weighted by Gasteiger charge is 2.27. The van der Waals surface area contributed by atoms with Crippen molar-refractivity contribution in [1.29, 1.82) is 0 Å². The number of carbonyl (C=O) groups excluding carboxylic acids is 1. The molecule has 0 saturated heterocycles. The first-order chi connectivity index (χ1) is 12.4. The predicted octanol–water partition coefficient (Wildman–Crippen LogP) is 4.58. The fourth-order valence-electron chi connectivity index (χ4n) is 3.92. The molecule has 0 fully saturated rings. The van der Waals surface area contributed by atoms with Gasteiger partial charge in [-0.25, -0.2) is 8.78 Å². The van der Waals surface area contributed by atoms with E-state index < -0.39 is 0 Å². The molecule has 0 radical (unpaired) electrons. The van der Waals surface area contributed by atoms with Gasteiger partial charge in [-0.15, -0.1) is 0 Å². The number of aryl methyl sites for hydroxylation is 3. The summed E-state index contributed by atoms with van der Waals surface area (Å²) < 4.78 is 28.2. The molecule has 0 atom stereocenters. The van der Waals surface area contributed by atoms with Gasteiger partial charge in [0.1, 0.15) is 11.6 Å². The molecule has 0 bridgehead atoms. The first kappa shape index (κ1) is 16.8. The Labute approximate surface area is 150 Å². The molecule has 1 aliphatic rings. The summed E-state index contributed by atoms with van der Waals surface area (Å²) in [5.74, 6) is -0.855. The van der Waals surface area contributed by atoms with Gasteiger partial charge in [-0.2, -0.15) is 0 Å². The molecule has 4 rings (SSSR count). The number of aromatic amines is 1. The summed E-state index contributed by atoms with van der Waals surface area (Å²) in [6, 6.07) is 7.92. The average Bonchev–Trinajstić information content (AvgIpc) is 2.89. The summed E-state index contributed by atoms with van der Waals surface area (Å²) in [4.78, 5) is 17.7. The van der Waals surface area contributed by atoms with Gasteiger partial charge in [-0.3, -0.25) is 4.79 Å². The number of nitrogens with one attached hydrogen (secondary N) is 1. The van der Waals surface area contributed by atoms with E-state index in [1.165, 1.54) is 18.2 Å². The molecular formula is C21H20F2N2O. The fourth-order valence-corrected chi connectivity index (χ4v) is 3.92. The summed E-state index contributed by atoms with van der Waals surface area (Å²) in [5, 5.41) is 0.706. The summed E-state index contributed by atoms with van der Waals surface area (Å²) in [6.45, 7) is 4.23. The van der Waals surface area contributed by atoms with Gasteiger partial charge in [0.2, 0.25) is 5.91 Å². The number of anilines is 1. The van der Waals surface area contributed by atoms with Crippen molar-refractivity contribution < 1.29 is 13.6 Å². The van der Waals surface area contributed by atoms with E-state index >= 15 is 0 Å². The van der Waals surface area contributed by atoms with Crippen molar-refractivity contribution in [2.45, 2.75) is 33.1 Å². The Balaban J connectivity index is 1.71. The highest BCUT2D eigenvalue weighted by Crippen LogP contribution is 2.32. The van der Waals surface area contributed by atoms with E-state index in [2.05, 4.69) is 4.98 Å². The molecule has 3 aromatic rings. The van der Waals surface area contributed by atoms with Crippen molar-refractivity contribution in [2.24, 2.45) is 0 Å². The molecule has 1 aromatic heterocycles. The van der Waals surface area contributed by atoms with Gasteiger partial charge in [-0.05, 0) is 67.6 Å². The third-order valence-corrected chi connectivity index (χ3v) is 5.10. The number of H-pyrrole nitrogens is 1. The maximum absolute atomic E-state index is 14.6. The van der Waals surface area contributed by atoms with Gasteiger partial charge in [0.25, 0.3) is 0 Å². The molecule has 3 nitrogen and oxygen atoms in total. The first-order valence-corrected chi connectivity index (χ1v) is 8.80. The largest absolute Gasteiger partial charge is 0.358 e. The quantitative estimate of drug-likeness (QED) is 0.718. The van der Waals surface area contributed by atoms with Gasteiger partial charge in [-0.1, -0.05) is 6.07 Å². The molecule has 134 valence electrons. The van der Waals surface area contributed by atoms with Crippen LogP contribution in [0.3, 0.4) is 0 Å². The van der Waals surface area contributed by atoms with Crippen molar-refractivity contribution in [3.8, 4) is 0 Å². The minimum Gasteiger partial charge on any atom is -0.358 e. The van der Waals surface area contributed by atoms with E-state index in [1.54, 1.807) is 11.0 Å². The van der Waals surface area contributed by atoms with E-state index in [4.69, 9.17) is 0 Å². The molecule has 1 aliphatic heterocycles. The minimum absolute atomic E-state index is 0.113. The first-order valence-electron chi connectivity index (χ1n) is 8.80. The summed E-state index contributed by atoms with van der Waals surface area (Å²) in [6.07, 6.45) is 1.69. The zero-order chi connectivity index (χ0) is 18.4.